The molecule has 1 aliphatic rings. The summed E-state index contributed by atoms with van der Waals surface area (Å²) in [5, 5.41) is 11.1. The van der Waals surface area contributed by atoms with E-state index in [0.717, 1.165) is 16.7 Å². The molecule has 2 aromatic carbocycles. The summed E-state index contributed by atoms with van der Waals surface area (Å²) in [6, 6.07) is 12.3. The van der Waals surface area contributed by atoms with Crippen LogP contribution in [0.4, 0.5) is 0 Å². The number of carbonyl (C=O) groups excluding carboxylic acids is 2. The van der Waals surface area contributed by atoms with Crippen LogP contribution >= 0.6 is 0 Å². The van der Waals surface area contributed by atoms with Gasteiger partial charge in [-0.1, -0.05) is 29.8 Å². The summed E-state index contributed by atoms with van der Waals surface area (Å²) in [5.74, 6) is -0.732. The van der Waals surface area contributed by atoms with Crippen LogP contribution in [0.3, 0.4) is 0 Å². The number of aliphatic hydroxyl groups is 1. The van der Waals surface area contributed by atoms with Gasteiger partial charge in [-0.25, -0.2) is 0 Å². The lowest BCUT2D eigenvalue weighted by atomic mass is 9.94. The van der Waals surface area contributed by atoms with Gasteiger partial charge in [0.15, 0.2) is 0 Å². The summed E-state index contributed by atoms with van der Waals surface area (Å²) in [7, 11) is 5.41. The maximum Gasteiger partial charge on any atom is 0.295 e. The van der Waals surface area contributed by atoms with Crippen LogP contribution in [0, 0.1) is 13.8 Å². The molecule has 1 heterocycles. The van der Waals surface area contributed by atoms with E-state index in [1.807, 2.05) is 57.1 Å². The van der Waals surface area contributed by atoms with E-state index < -0.39 is 17.7 Å². The van der Waals surface area contributed by atoms with E-state index in [-0.39, 0.29) is 11.3 Å². The number of carbonyl (C=O) groups is 2. The molecule has 1 amide bonds. The number of aliphatic hydroxyl groups excluding tert-OH is 1. The first-order chi connectivity index (χ1) is 14.2. The molecule has 0 radical (unpaired) electrons. The molecule has 1 saturated heterocycles. The van der Waals surface area contributed by atoms with E-state index >= 15 is 0 Å². The number of hydrogen-bond donors (Lipinski definition) is 1. The normalized spacial score (nSPS) is 18.3. The van der Waals surface area contributed by atoms with Crippen molar-refractivity contribution < 1.29 is 19.4 Å². The van der Waals surface area contributed by atoms with Gasteiger partial charge in [0.05, 0.1) is 18.7 Å². The molecule has 0 saturated carbocycles. The van der Waals surface area contributed by atoms with Gasteiger partial charge >= 0.3 is 0 Å². The number of aryl methyl sites for hydroxylation is 2. The molecule has 30 heavy (non-hydrogen) atoms. The number of Topliss-reactive ketones (excluding diaryl/α,β-unsaturated/α-hetero) is 1. The first-order valence-corrected chi connectivity index (χ1v) is 9.89. The van der Waals surface area contributed by atoms with Crippen molar-refractivity contribution in [3.05, 3.63) is 70.3 Å². The van der Waals surface area contributed by atoms with E-state index in [4.69, 9.17) is 4.74 Å². The number of methoxy groups -OCH3 is 1. The number of benzene rings is 2. The van der Waals surface area contributed by atoms with Crippen LogP contribution in [0.25, 0.3) is 5.76 Å². The van der Waals surface area contributed by atoms with Crippen molar-refractivity contribution in [2.24, 2.45) is 0 Å². The number of hydrogen-bond acceptors (Lipinski definition) is 5. The fourth-order valence-corrected chi connectivity index (χ4v) is 3.69. The molecule has 158 valence electrons. The van der Waals surface area contributed by atoms with Crippen LogP contribution in [-0.2, 0) is 9.59 Å². The van der Waals surface area contributed by atoms with Gasteiger partial charge in [0, 0.05) is 18.7 Å². The first kappa shape index (κ1) is 21.6. The lowest BCUT2D eigenvalue weighted by Crippen LogP contribution is -2.35. The van der Waals surface area contributed by atoms with Gasteiger partial charge in [0.1, 0.15) is 11.5 Å². The van der Waals surface area contributed by atoms with Gasteiger partial charge < -0.3 is 19.6 Å². The zero-order chi connectivity index (χ0) is 22.0. The maximum atomic E-state index is 13.0. The second kappa shape index (κ2) is 8.71. The molecular formula is C24H28N2O4. The zero-order valence-corrected chi connectivity index (χ0v) is 18.1. The minimum Gasteiger partial charge on any atom is -0.507 e. The van der Waals surface area contributed by atoms with Gasteiger partial charge in [0.25, 0.3) is 11.7 Å². The Kier molecular flexibility index (Phi) is 6.27. The monoisotopic (exact) mass is 408 g/mol. The van der Waals surface area contributed by atoms with Crippen LogP contribution in [0.1, 0.15) is 28.3 Å². The summed E-state index contributed by atoms with van der Waals surface area (Å²) >= 11 is 0. The Bertz CT molecular complexity index is 993. The number of ketones is 1. The Labute approximate surface area is 177 Å². The van der Waals surface area contributed by atoms with E-state index in [1.165, 1.54) is 0 Å². The smallest absolute Gasteiger partial charge is 0.295 e. The maximum absolute atomic E-state index is 13.0. The molecule has 6 nitrogen and oxygen atoms in total. The average molecular weight is 408 g/mol. The van der Waals surface area contributed by atoms with Crippen molar-refractivity contribution in [1.82, 2.24) is 9.80 Å². The standard InChI is InChI=1S/C24H28N2O4/c1-15-6-8-17(9-7-15)21-20(23(28)24(29)26(21)13-12-25(3)4)22(27)18-10-11-19(30-5)16(2)14-18/h6-11,14,21,27H,12-13H2,1-5H3/b22-20+. The predicted molar refractivity (Wildman–Crippen MR) is 116 cm³/mol. The molecule has 1 atom stereocenters. The van der Waals surface area contributed by atoms with Crippen LogP contribution in [0.15, 0.2) is 48.0 Å². The highest BCUT2D eigenvalue weighted by Crippen LogP contribution is 2.39. The molecule has 0 spiro atoms. The van der Waals surface area contributed by atoms with Crippen molar-refractivity contribution in [2.45, 2.75) is 19.9 Å². The number of rotatable bonds is 6. The first-order valence-electron chi connectivity index (χ1n) is 9.89. The van der Waals surface area contributed by atoms with Crippen molar-refractivity contribution in [3.63, 3.8) is 0 Å². The lowest BCUT2D eigenvalue weighted by molar-refractivity contribution is -0.140. The number of likely N-dealkylation sites (tertiary alicyclic amines) is 1. The van der Waals surface area contributed by atoms with Gasteiger partial charge in [-0.05, 0) is 57.3 Å². The Hall–Kier alpha value is -3.12. The second-order valence-corrected chi connectivity index (χ2v) is 7.89. The van der Waals surface area contributed by atoms with E-state index in [2.05, 4.69) is 0 Å². The van der Waals surface area contributed by atoms with Crippen molar-refractivity contribution in [3.8, 4) is 5.75 Å². The van der Waals surface area contributed by atoms with E-state index in [0.29, 0.717) is 24.4 Å². The fourth-order valence-electron chi connectivity index (χ4n) is 3.69. The Balaban J connectivity index is 2.14. The molecule has 1 unspecified atom stereocenters. The largest absolute Gasteiger partial charge is 0.507 e. The van der Waals surface area contributed by atoms with E-state index in [1.54, 1.807) is 30.2 Å². The number of ether oxygens (including phenoxy) is 1. The topological polar surface area (TPSA) is 70.1 Å². The Morgan fingerprint density at radius 2 is 1.77 bits per heavy atom. The van der Waals surface area contributed by atoms with Crippen molar-refractivity contribution >= 4 is 17.4 Å². The van der Waals surface area contributed by atoms with Crippen LogP contribution in [0.5, 0.6) is 5.75 Å². The molecule has 1 N–H and O–H groups in total. The van der Waals surface area contributed by atoms with Crippen LogP contribution < -0.4 is 4.74 Å². The summed E-state index contributed by atoms with van der Waals surface area (Å²) in [5.41, 5.74) is 3.30. The highest BCUT2D eigenvalue weighted by atomic mass is 16.5. The van der Waals surface area contributed by atoms with Crippen LogP contribution in [0.2, 0.25) is 0 Å². The molecule has 1 fully saturated rings. The molecule has 0 aromatic heterocycles. The molecule has 6 heteroatoms. The molecule has 3 rings (SSSR count). The third-order valence-electron chi connectivity index (χ3n) is 5.39. The van der Waals surface area contributed by atoms with Gasteiger partial charge in [-0.2, -0.15) is 0 Å². The van der Waals surface area contributed by atoms with Crippen molar-refractivity contribution in [2.75, 3.05) is 34.3 Å². The molecule has 2 aromatic rings. The Morgan fingerprint density at radius 1 is 1.10 bits per heavy atom. The van der Waals surface area contributed by atoms with Crippen molar-refractivity contribution in [1.29, 1.82) is 0 Å². The van der Waals surface area contributed by atoms with Gasteiger partial charge in [-0.3, -0.25) is 9.59 Å². The third-order valence-corrected chi connectivity index (χ3v) is 5.39. The van der Waals surface area contributed by atoms with E-state index in [9.17, 15) is 14.7 Å². The van der Waals surface area contributed by atoms with Crippen LogP contribution in [-0.4, -0.2) is 60.9 Å². The quantitative estimate of drug-likeness (QED) is 0.451. The number of amides is 1. The average Bonchev–Trinajstić information content (AvgIpc) is 2.96. The SMILES string of the molecule is COc1ccc(/C(O)=C2\C(=O)C(=O)N(CCN(C)C)C2c2ccc(C)cc2)cc1C. The summed E-state index contributed by atoms with van der Waals surface area (Å²) in [4.78, 5) is 29.4. The summed E-state index contributed by atoms with van der Waals surface area (Å²) < 4.78 is 5.28. The minimum atomic E-state index is -0.662. The molecule has 0 bridgehead atoms. The highest BCUT2D eigenvalue weighted by molar-refractivity contribution is 6.46. The van der Waals surface area contributed by atoms with Gasteiger partial charge in [0.2, 0.25) is 0 Å². The molecule has 1 aliphatic heterocycles. The fraction of sp³-hybridized carbons (Fsp3) is 0.333. The summed E-state index contributed by atoms with van der Waals surface area (Å²) in [6.45, 7) is 4.83. The number of nitrogens with zero attached hydrogens (tertiary/aromatic N) is 2. The molecule has 0 aliphatic carbocycles. The Morgan fingerprint density at radius 3 is 2.33 bits per heavy atom. The predicted octanol–water partition coefficient (Wildman–Crippen LogP) is 3.30. The molecular weight excluding hydrogens is 380 g/mol. The minimum absolute atomic E-state index is 0.118. The lowest BCUT2D eigenvalue weighted by Gasteiger charge is -2.26. The third kappa shape index (κ3) is 4.09. The second-order valence-electron chi connectivity index (χ2n) is 7.89. The number of likely N-dealkylation sites (N-methyl/N-ethyl adjacent to an activating group) is 1. The zero-order valence-electron chi connectivity index (χ0n) is 18.1. The summed E-state index contributed by atoms with van der Waals surface area (Å²) in [6.07, 6.45) is 0. The highest BCUT2D eigenvalue weighted by Gasteiger charge is 2.45. The van der Waals surface area contributed by atoms with Gasteiger partial charge in [-0.15, -0.1) is 0 Å².